The number of Topliss-reactive ketones (excluding diaryl/α,β-unsaturated/α-hetero) is 2. The van der Waals surface area contributed by atoms with Crippen LogP contribution in [0.15, 0.2) is 121 Å². The van der Waals surface area contributed by atoms with Crippen molar-refractivity contribution in [1.82, 2.24) is 9.13 Å². The molecular formula is C52H38Cl4F6N4O8. The molecule has 22 heteroatoms. The van der Waals surface area contributed by atoms with E-state index in [2.05, 4.69) is 10.6 Å². The van der Waals surface area contributed by atoms with Crippen molar-refractivity contribution in [2.75, 3.05) is 31.5 Å². The molecule has 0 spiro atoms. The summed E-state index contributed by atoms with van der Waals surface area (Å²) < 4.78 is 104. The Kier molecular flexibility index (Phi) is 16.5. The average Bonchev–Trinajstić information content (AvgIpc) is 3.85. The zero-order valence-corrected chi connectivity index (χ0v) is 41.7. The number of alkyl halides is 6. The number of aromatic hydroxyl groups is 1. The molecule has 0 unspecified atom stereocenters. The molecule has 0 aliphatic carbocycles. The largest absolute Gasteiger partial charge is 0.508 e. The van der Waals surface area contributed by atoms with E-state index in [9.17, 15) is 50.6 Å². The fourth-order valence-corrected chi connectivity index (χ4v) is 8.84. The summed E-state index contributed by atoms with van der Waals surface area (Å²) in [7, 11) is 2.90. The van der Waals surface area contributed by atoms with Gasteiger partial charge in [-0.15, -0.1) is 0 Å². The van der Waals surface area contributed by atoms with Crippen LogP contribution in [0.5, 0.6) is 23.0 Å². The molecule has 0 bridgehead atoms. The lowest BCUT2D eigenvalue weighted by molar-refractivity contribution is -0.144. The molecule has 8 rings (SSSR count). The number of anilines is 2. The maximum atomic E-state index is 14.6. The highest BCUT2D eigenvalue weighted by Crippen LogP contribution is 2.43. The van der Waals surface area contributed by atoms with Gasteiger partial charge in [0.1, 0.15) is 34.4 Å². The highest BCUT2D eigenvalue weighted by Gasteiger charge is 2.44. The predicted octanol–water partition coefficient (Wildman–Crippen LogP) is 13.8. The first kappa shape index (κ1) is 54.4. The Hall–Kier alpha value is -7.38. The van der Waals surface area contributed by atoms with E-state index in [0.29, 0.717) is 32.7 Å². The molecule has 8 aromatic rings. The van der Waals surface area contributed by atoms with Gasteiger partial charge in [-0.05, 0) is 127 Å². The summed E-state index contributed by atoms with van der Waals surface area (Å²) in [5, 5.41) is 15.2. The lowest BCUT2D eigenvalue weighted by Crippen LogP contribution is -2.26. The number of carbonyl (C=O) groups is 4. The van der Waals surface area contributed by atoms with Crippen molar-refractivity contribution < 1.29 is 64.8 Å². The van der Waals surface area contributed by atoms with E-state index in [1.165, 1.54) is 129 Å². The van der Waals surface area contributed by atoms with E-state index >= 15 is 0 Å². The number of ether oxygens (including phenoxy) is 3. The standard InChI is InChI=1S/C27H21Cl2F3N2O4.C25H17Cl2F3N2O4/c1-3-38-19-10-11-22-20(13-19)23(24(35)26(36)33-17-6-8-18(37-2)9-7-17)25(27(30,31)32)34(22)14-15-4-5-16(28)12-21(15)29;1-36-17-7-4-15(5-8-17)31-24(35)22(34)21-18-11-16(33)6-9-20(18)32(23(21)25(28,29)30)12-13-2-3-14(26)10-19(13)27/h4-13H,3,14H2,1-2H3,(H,33,36);2-11,33H,12H2,1H3,(H,31,35). The number of fused-ring (bicyclic) bond motifs is 2. The zero-order valence-electron chi connectivity index (χ0n) is 38.6. The number of nitrogens with zero attached hydrogens (tertiary/aromatic N) is 2. The van der Waals surface area contributed by atoms with Gasteiger partial charge in [-0.3, -0.25) is 19.2 Å². The van der Waals surface area contributed by atoms with Crippen LogP contribution in [0, 0.1) is 0 Å². The number of amides is 2. The van der Waals surface area contributed by atoms with E-state index < -0.39 is 58.2 Å². The van der Waals surface area contributed by atoms with Crippen LogP contribution in [-0.4, -0.2) is 58.4 Å². The Morgan fingerprint density at radius 3 is 1.31 bits per heavy atom. The Labute approximate surface area is 436 Å². The minimum atomic E-state index is -5.03. The summed E-state index contributed by atoms with van der Waals surface area (Å²) in [5.41, 5.74) is -3.20. The molecule has 2 heterocycles. The van der Waals surface area contributed by atoms with Crippen LogP contribution in [0.25, 0.3) is 21.8 Å². The van der Waals surface area contributed by atoms with Gasteiger partial charge in [0.15, 0.2) is 0 Å². The maximum Gasteiger partial charge on any atom is 0.432 e. The van der Waals surface area contributed by atoms with Crippen molar-refractivity contribution in [3.05, 3.63) is 175 Å². The van der Waals surface area contributed by atoms with Crippen LogP contribution in [0.1, 0.15) is 50.2 Å². The molecule has 0 fully saturated rings. The van der Waals surface area contributed by atoms with Gasteiger partial charge in [-0.1, -0.05) is 58.5 Å². The van der Waals surface area contributed by atoms with Gasteiger partial charge in [0.25, 0.3) is 23.4 Å². The van der Waals surface area contributed by atoms with E-state index in [0.717, 1.165) is 15.2 Å². The van der Waals surface area contributed by atoms with Crippen LogP contribution in [0.3, 0.4) is 0 Å². The second kappa shape index (κ2) is 22.4. The number of aromatic nitrogens is 2. The zero-order chi connectivity index (χ0) is 53.8. The van der Waals surface area contributed by atoms with Crippen molar-refractivity contribution in [2.45, 2.75) is 32.4 Å². The third kappa shape index (κ3) is 12.0. The number of halogens is 10. The molecule has 0 atom stereocenters. The van der Waals surface area contributed by atoms with E-state index in [1.54, 1.807) is 6.92 Å². The minimum Gasteiger partial charge on any atom is -0.508 e. The van der Waals surface area contributed by atoms with E-state index in [-0.39, 0.29) is 74.4 Å². The molecule has 3 N–H and O–H groups in total. The molecular weight excluding hydrogens is 1060 g/mol. The molecule has 0 aliphatic heterocycles. The SMILES string of the molecule is CCOc1ccc2c(c1)c(C(=O)C(=O)Nc1ccc(OC)cc1)c(C(F)(F)F)n2Cc1ccc(Cl)cc1Cl.COc1ccc(NC(=O)C(=O)c2c(C(F)(F)F)n(Cc3ccc(Cl)cc3Cl)c3ccc(O)cc23)cc1. The van der Waals surface area contributed by atoms with Gasteiger partial charge < -0.3 is 39.1 Å². The number of benzene rings is 6. The smallest absolute Gasteiger partial charge is 0.432 e. The summed E-state index contributed by atoms with van der Waals surface area (Å²) in [5.74, 6) is -4.42. The second-order valence-electron chi connectivity index (χ2n) is 15.9. The van der Waals surface area contributed by atoms with Crippen LogP contribution in [-0.2, 0) is 35.0 Å². The van der Waals surface area contributed by atoms with Crippen LogP contribution in [0.2, 0.25) is 20.1 Å². The van der Waals surface area contributed by atoms with Gasteiger partial charge in [0.05, 0.1) is 32.0 Å². The Morgan fingerprint density at radius 2 is 0.932 bits per heavy atom. The number of phenols is 1. The van der Waals surface area contributed by atoms with Crippen molar-refractivity contribution >= 4 is 103 Å². The number of phenolic OH excluding ortho intramolecular Hbond substituents is 1. The number of methoxy groups -OCH3 is 2. The Bertz CT molecular complexity index is 3450. The highest BCUT2D eigenvalue weighted by atomic mass is 35.5. The number of carbonyl (C=O) groups excluding carboxylic acids is 4. The van der Waals surface area contributed by atoms with Gasteiger partial charge in [-0.25, -0.2) is 0 Å². The fraction of sp³-hybridized carbons (Fsp3) is 0.154. The molecule has 0 aliphatic rings. The molecule has 74 heavy (non-hydrogen) atoms. The van der Waals surface area contributed by atoms with Crippen molar-refractivity contribution in [3.63, 3.8) is 0 Å². The lowest BCUT2D eigenvalue weighted by atomic mass is 10.0. The maximum absolute atomic E-state index is 14.6. The second-order valence-corrected chi connectivity index (χ2v) is 17.6. The predicted molar refractivity (Wildman–Crippen MR) is 270 cm³/mol. The molecule has 2 aromatic heterocycles. The van der Waals surface area contributed by atoms with Crippen molar-refractivity contribution in [2.24, 2.45) is 0 Å². The summed E-state index contributed by atoms with van der Waals surface area (Å²) in [6, 6.07) is 28.3. The first-order valence-electron chi connectivity index (χ1n) is 21.7. The first-order chi connectivity index (χ1) is 35.0. The molecule has 0 saturated heterocycles. The lowest BCUT2D eigenvalue weighted by Gasteiger charge is -2.16. The van der Waals surface area contributed by atoms with Crippen LogP contribution >= 0.6 is 46.4 Å². The van der Waals surface area contributed by atoms with Crippen molar-refractivity contribution in [3.8, 4) is 23.0 Å². The summed E-state index contributed by atoms with van der Waals surface area (Å²) in [4.78, 5) is 52.2. The van der Waals surface area contributed by atoms with Gasteiger partial charge >= 0.3 is 12.4 Å². The molecule has 12 nitrogen and oxygen atoms in total. The van der Waals surface area contributed by atoms with Gasteiger partial charge in [0, 0.05) is 66.4 Å². The quantitative estimate of drug-likeness (QED) is 0.0553. The fourth-order valence-electron chi connectivity index (χ4n) is 7.90. The normalized spacial score (nSPS) is 11.5. The summed E-state index contributed by atoms with van der Waals surface area (Å²) >= 11 is 24.3. The van der Waals surface area contributed by atoms with Crippen LogP contribution in [0.4, 0.5) is 37.7 Å². The number of rotatable bonds is 14. The molecule has 2 amide bonds. The van der Waals surface area contributed by atoms with E-state index in [4.69, 9.17) is 60.6 Å². The minimum absolute atomic E-state index is 0.0215. The van der Waals surface area contributed by atoms with Gasteiger partial charge in [0.2, 0.25) is 0 Å². The van der Waals surface area contributed by atoms with E-state index in [1.807, 2.05) is 0 Å². The Balaban J connectivity index is 0.000000217. The number of hydrogen-bond acceptors (Lipinski definition) is 8. The summed E-state index contributed by atoms with van der Waals surface area (Å²) in [6.45, 7) is 1.26. The first-order valence-corrected chi connectivity index (χ1v) is 23.2. The monoisotopic (exact) mass is 1100 g/mol. The van der Waals surface area contributed by atoms with Crippen LogP contribution < -0.4 is 24.8 Å². The third-order valence-corrected chi connectivity index (χ3v) is 12.4. The molecule has 0 saturated carbocycles. The third-order valence-electron chi connectivity index (χ3n) is 11.2. The molecule has 384 valence electrons. The van der Waals surface area contributed by atoms with Crippen molar-refractivity contribution in [1.29, 1.82) is 0 Å². The molecule has 0 radical (unpaired) electrons. The number of ketones is 2. The Morgan fingerprint density at radius 1 is 0.541 bits per heavy atom. The topological polar surface area (TPSA) is 150 Å². The summed E-state index contributed by atoms with van der Waals surface area (Å²) in [6.07, 6.45) is -10.0. The molecule has 6 aromatic carbocycles. The average molecular weight is 1100 g/mol. The highest BCUT2D eigenvalue weighted by molar-refractivity contribution is 6.49. The van der Waals surface area contributed by atoms with Gasteiger partial charge in [-0.2, -0.15) is 26.3 Å². The number of hydrogen-bond donors (Lipinski definition) is 3. The number of nitrogens with one attached hydrogen (secondary N) is 2.